The zero-order valence-corrected chi connectivity index (χ0v) is 12.2. The van der Waals surface area contributed by atoms with E-state index in [0.717, 1.165) is 0 Å². The van der Waals surface area contributed by atoms with Gasteiger partial charge >= 0.3 is 0 Å². The standard InChI is InChI=1S/C16H12N4O3/c1-16(14(21)19-11-5-2-4-10(8-11)9-17)15(22)20-13-12(23-16)6-3-7-18-13/h2-8H,1H3,(H,19,21)(H,18,20,22). The number of pyridine rings is 1. The van der Waals surface area contributed by atoms with E-state index in [1.165, 1.54) is 19.2 Å². The van der Waals surface area contributed by atoms with Gasteiger partial charge in [-0.15, -0.1) is 0 Å². The van der Waals surface area contributed by atoms with Gasteiger partial charge in [-0.25, -0.2) is 4.98 Å². The zero-order valence-electron chi connectivity index (χ0n) is 12.2. The highest BCUT2D eigenvalue weighted by Crippen LogP contribution is 2.32. The van der Waals surface area contributed by atoms with Gasteiger partial charge in [0.2, 0.25) is 0 Å². The van der Waals surface area contributed by atoms with E-state index in [1.54, 1.807) is 30.3 Å². The van der Waals surface area contributed by atoms with Gasteiger partial charge in [-0.2, -0.15) is 5.26 Å². The molecule has 1 aromatic carbocycles. The Hall–Kier alpha value is -3.40. The molecule has 1 aliphatic heterocycles. The van der Waals surface area contributed by atoms with Crippen LogP contribution in [0.3, 0.4) is 0 Å². The van der Waals surface area contributed by atoms with Crippen LogP contribution in [-0.4, -0.2) is 22.4 Å². The molecule has 7 nitrogen and oxygen atoms in total. The summed E-state index contributed by atoms with van der Waals surface area (Å²) in [6.45, 7) is 1.38. The molecular formula is C16H12N4O3. The van der Waals surface area contributed by atoms with Gasteiger partial charge in [-0.05, 0) is 37.3 Å². The van der Waals surface area contributed by atoms with Crippen molar-refractivity contribution in [3.63, 3.8) is 0 Å². The summed E-state index contributed by atoms with van der Waals surface area (Å²) in [6, 6.07) is 11.6. The first kappa shape index (κ1) is 14.5. The summed E-state index contributed by atoms with van der Waals surface area (Å²) in [6.07, 6.45) is 1.51. The number of anilines is 2. The van der Waals surface area contributed by atoms with Gasteiger partial charge in [0.1, 0.15) is 0 Å². The summed E-state index contributed by atoms with van der Waals surface area (Å²) >= 11 is 0. The average molecular weight is 308 g/mol. The van der Waals surface area contributed by atoms with E-state index < -0.39 is 17.4 Å². The summed E-state index contributed by atoms with van der Waals surface area (Å²) in [5.41, 5.74) is -0.932. The van der Waals surface area contributed by atoms with Gasteiger partial charge in [0, 0.05) is 11.9 Å². The quantitative estimate of drug-likeness (QED) is 0.821. The molecule has 1 unspecified atom stereocenters. The number of nitrogens with one attached hydrogen (secondary N) is 2. The summed E-state index contributed by atoms with van der Waals surface area (Å²) in [5.74, 6) is -0.665. The van der Waals surface area contributed by atoms with Crippen LogP contribution in [-0.2, 0) is 9.59 Å². The largest absolute Gasteiger partial charge is 0.464 e. The normalized spacial score (nSPS) is 18.9. The molecule has 1 atom stereocenters. The molecule has 2 aromatic rings. The molecular weight excluding hydrogens is 296 g/mol. The Labute approximate surface area is 131 Å². The van der Waals surface area contributed by atoms with Gasteiger partial charge < -0.3 is 15.4 Å². The van der Waals surface area contributed by atoms with Gasteiger partial charge in [0.25, 0.3) is 17.4 Å². The molecule has 0 bridgehead atoms. The number of carbonyl (C=O) groups excluding carboxylic acids is 2. The molecule has 0 aliphatic carbocycles. The Morgan fingerprint density at radius 2 is 2.22 bits per heavy atom. The monoisotopic (exact) mass is 308 g/mol. The van der Waals surface area contributed by atoms with Crippen molar-refractivity contribution in [3.05, 3.63) is 48.2 Å². The van der Waals surface area contributed by atoms with Crippen molar-refractivity contribution in [1.29, 1.82) is 5.26 Å². The predicted octanol–water partition coefficient (Wildman–Crippen LogP) is 1.68. The summed E-state index contributed by atoms with van der Waals surface area (Å²) in [7, 11) is 0. The molecule has 0 radical (unpaired) electrons. The Morgan fingerprint density at radius 3 is 3.00 bits per heavy atom. The smallest absolute Gasteiger partial charge is 0.279 e. The van der Waals surface area contributed by atoms with Gasteiger partial charge in [-0.3, -0.25) is 9.59 Å². The highest BCUT2D eigenvalue weighted by atomic mass is 16.5. The Kier molecular flexibility index (Phi) is 3.43. The van der Waals surface area contributed by atoms with Crippen molar-refractivity contribution in [2.75, 3.05) is 10.6 Å². The van der Waals surface area contributed by atoms with Crippen LogP contribution in [0.1, 0.15) is 12.5 Å². The van der Waals surface area contributed by atoms with Crippen LogP contribution in [0.2, 0.25) is 0 Å². The maximum absolute atomic E-state index is 12.5. The van der Waals surface area contributed by atoms with Crippen LogP contribution in [0.4, 0.5) is 11.5 Å². The maximum atomic E-state index is 12.5. The maximum Gasteiger partial charge on any atom is 0.279 e. The van der Waals surface area contributed by atoms with Gasteiger partial charge in [-0.1, -0.05) is 6.07 Å². The van der Waals surface area contributed by atoms with Crippen molar-refractivity contribution < 1.29 is 14.3 Å². The number of nitriles is 1. The lowest BCUT2D eigenvalue weighted by molar-refractivity contribution is -0.143. The average Bonchev–Trinajstić information content (AvgIpc) is 2.56. The van der Waals surface area contributed by atoms with Gasteiger partial charge in [0.15, 0.2) is 11.6 Å². The first-order valence-electron chi connectivity index (χ1n) is 6.80. The molecule has 2 N–H and O–H groups in total. The first-order chi connectivity index (χ1) is 11.0. The minimum absolute atomic E-state index is 0.272. The van der Waals surface area contributed by atoms with Crippen LogP contribution in [0.15, 0.2) is 42.6 Å². The highest BCUT2D eigenvalue weighted by Gasteiger charge is 2.47. The van der Waals surface area contributed by atoms with E-state index in [1.807, 2.05) is 6.07 Å². The number of hydrogen-bond acceptors (Lipinski definition) is 5. The SMILES string of the molecule is CC1(C(=O)Nc2cccc(C#N)c2)Oc2cccnc2NC1=O. The van der Waals surface area contributed by atoms with Gasteiger partial charge in [0.05, 0.1) is 11.6 Å². The molecule has 2 heterocycles. The number of hydrogen-bond donors (Lipinski definition) is 2. The molecule has 7 heteroatoms. The van der Waals surface area contributed by atoms with Crippen LogP contribution in [0, 0.1) is 11.3 Å². The molecule has 114 valence electrons. The van der Waals surface area contributed by atoms with Crippen molar-refractivity contribution in [2.45, 2.75) is 12.5 Å². The fraction of sp³-hybridized carbons (Fsp3) is 0.125. The van der Waals surface area contributed by atoms with Crippen LogP contribution >= 0.6 is 0 Å². The van der Waals surface area contributed by atoms with Crippen molar-refractivity contribution in [1.82, 2.24) is 4.98 Å². The number of rotatable bonds is 2. The fourth-order valence-electron chi connectivity index (χ4n) is 2.13. The number of benzene rings is 1. The third-order valence-corrected chi connectivity index (χ3v) is 3.43. The van der Waals surface area contributed by atoms with E-state index >= 15 is 0 Å². The lowest BCUT2D eigenvalue weighted by atomic mass is 10.0. The molecule has 0 saturated carbocycles. The Balaban J connectivity index is 1.86. The molecule has 0 saturated heterocycles. The third kappa shape index (κ3) is 2.58. The lowest BCUT2D eigenvalue weighted by Gasteiger charge is -2.32. The van der Waals surface area contributed by atoms with E-state index in [-0.39, 0.29) is 5.82 Å². The second-order valence-corrected chi connectivity index (χ2v) is 5.09. The first-order valence-corrected chi connectivity index (χ1v) is 6.80. The fourth-order valence-corrected chi connectivity index (χ4v) is 2.13. The topological polar surface area (TPSA) is 104 Å². The molecule has 23 heavy (non-hydrogen) atoms. The Morgan fingerprint density at radius 1 is 1.39 bits per heavy atom. The number of amides is 2. The van der Waals surface area contributed by atoms with Crippen molar-refractivity contribution in [3.8, 4) is 11.8 Å². The van der Waals surface area contributed by atoms with Crippen LogP contribution < -0.4 is 15.4 Å². The number of aromatic nitrogens is 1. The Bertz CT molecular complexity index is 843. The second kappa shape index (κ2) is 5.42. The summed E-state index contributed by atoms with van der Waals surface area (Å²) in [4.78, 5) is 28.7. The van der Waals surface area contributed by atoms with E-state index in [9.17, 15) is 9.59 Å². The minimum atomic E-state index is -1.74. The predicted molar refractivity (Wildman–Crippen MR) is 81.7 cm³/mol. The number of nitrogens with zero attached hydrogens (tertiary/aromatic N) is 2. The minimum Gasteiger partial charge on any atom is -0.464 e. The zero-order chi connectivity index (χ0) is 16.4. The molecule has 2 amide bonds. The molecule has 0 spiro atoms. The third-order valence-electron chi connectivity index (χ3n) is 3.43. The number of fused-ring (bicyclic) bond motifs is 1. The summed E-state index contributed by atoms with van der Waals surface area (Å²) < 4.78 is 5.57. The molecule has 1 aliphatic rings. The van der Waals surface area contributed by atoms with Crippen molar-refractivity contribution >= 4 is 23.3 Å². The summed E-state index contributed by atoms with van der Waals surface area (Å²) in [5, 5.41) is 14.0. The van der Waals surface area contributed by atoms with E-state index in [2.05, 4.69) is 15.6 Å². The number of ether oxygens (including phenoxy) is 1. The number of carbonyl (C=O) groups is 2. The molecule has 1 aromatic heterocycles. The molecule has 3 rings (SSSR count). The molecule has 0 fully saturated rings. The van der Waals surface area contributed by atoms with E-state index in [4.69, 9.17) is 10.00 Å². The van der Waals surface area contributed by atoms with Crippen molar-refractivity contribution in [2.24, 2.45) is 0 Å². The van der Waals surface area contributed by atoms with E-state index in [0.29, 0.717) is 17.0 Å². The van der Waals surface area contributed by atoms with Crippen LogP contribution in [0.25, 0.3) is 0 Å². The van der Waals surface area contributed by atoms with Crippen LogP contribution in [0.5, 0.6) is 5.75 Å². The second-order valence-electron chi connectivity index (χ2n) is 5.09. The highest BCUT2D eigenvalue weighted by molar-refractivity contribution is 6.18. The lowest BCUT2D eigenvalue weighted by Crippen LogP contribution is -2.56.